The molecule has 1 N–H and O–H groups in total. The van der Waals surface area contributed by atoms with Crippen molar-refractivity contribution in [1.29, 1.82) is 0 Å². The van der Waals surface area contributed by atoms with Crippen LogP contribution in [0.15, 0.2) is 73.4 Å². The summed E-state index contributed by atoms with van der Waals surface area (Å²) >= 11 is 3.48. The molecule has 0 fully saturated rings. The molecule has 0 saturated carbocycles. The minimum absolute atomic E-state index is 0. The molecule has 1 radical (unpaired) electrons. The van der Waals surface area contributed by atoms with Gasteiger partial charge in [0, 0.05) is 53.2 Å². The number of hydrogen-bond acceptors (Lipinski definition) is 6. The third kappa shape index (κ3) is 8.77. The van der Waals surface area contributed by atoms with Crippen molar-refractivity contribution in [2.75, 3.05) is 0 Å². The maximum atomic E-state index is 12.2. The number of hydrogen-bond donors (Lipinski definition) is 1. The van der Waals surface area contributed by atoms with Crippen LogP contribution < -0.4 is 0 Å². The number of ketones is 1. The van der Waals surface area contributed by atoms with E-state index in [0.29, 0.717) is 5.88 Å². The normalized spacial score (nSPS) is 13.1. The van der Waals surface area contributed by atoms with Crippen LogP contribution >= 0.6 is 22.7 Å². The number of benzene rings is 2. The third-order valence-corrected chi connectivity index (χ3v) is 11.4. The summed E-state index contributed by atoms with van der Waals surface area (Å²) in [6, 6.07) is 15.9. The Morgan fingerprint density at radius 3 is 2.17 bits per heavy atom. The van der Waals surface area contributed by atoms with E-state index >= 15 is 0 Å². The first-order valence-corrected chi connectivity index (χ1v) is 17.9. The first kappa shape index (κ1) is 38.5. The van der Waals surface area contributed by atoms with E-state index < -0.39 is 0 Å². The number of fused-ring (bicyclic) bond motifs is 4. The van der Waals surface area contributed by atoms with E-state index in [2.05, 4.69) is 71.8 Å². The van der Waals surface area contributed by atoms with Gasteiger partial charge in [-0.25, -0.2) is 4.99 Å². The van der Waals surface area contributed by atoms with Crippen LogP contribution in [0.4, 0.5) is 5.88 Å². The molecule has 5 nitrogen and oxygen atoms in total. The SMILES string of the molecule is CC(C)(C)c1cc(C=N/C=N\c2cc3c(ccc4ccsc43)o2)[c-]c2ccsc12.CCC(C)(CC)C(=O)/C=C(\O)C(C)(CC)CC.[Ir]. The minimum atomic E-state index is -0.337. The number of aliphatic imine (C=N–C) groups is 2. The maximum Gasteiger partial charge on any atom is 0.221 e. The standard InChI is InChI=1S/C24H19N2OS2.C15H28O2.Ir/c1-24(2,3)19-11-15(10-17-7-9-29-23(17)19)13-25-14-26-21-12-18-20(27-21)5-4-16-6-8-28-22(16)18;1-7-14(5,8-2)12(16)11-13(17)15(6,9-3)10-4;/h4-9,11-14H,1-3H3;11,16H,7-10H2,1-6H3;/q-1;;/b25-13?,26-14-;12-11-;. The molecule has 2 aromatic carbocycles. The van der Waals surface area contributed by atoms with Gasteiger partial charge in [0.15, 0.2) is 5.78 Å². The average Bonchev–Trinajstić information content (AvgIpc) is 3.80. The van der Waals surface area contributed by atoms with E-state index in [9.17, 15) is 9.90 Å². The van der Waals surface area contributed by atoms with Crippen molar-refractivity contribution in [3.8, 4) is 0 Å². The van der Waals surface area contributed by atoms with E-state index in [-0.39, 0.29) is 47.9 Å². The van der Waals surface area contributed by atoms with Crippen LogP contribution in [0, 0.1) is 16.9 Å². The fraction of sp³-hybridized carbons (Fsp3) is 0.410. The maximum absolute atomic E-state index is 12.2. The van der Waals surface area contributed by atoms with Crippen molar-refractivity contribution in [2.24, 2.45) is 20.8 Å². The average molecular weight is 848 g/mol. The largest absolute Gasteiger partial charge is 0.512 e. The van der Waals surface area contributed by atoms with Gasteiger partial charge < -0.3 is 9.52 Å². The number of allylic oxidation sites excluding steroid dienone is 2. The van der Waals surface area contributed by atoms with Crippen molar-refractivity contribution in [1.82, 2.24) is 0 Å². The van der Waals surface area contributed by atoms with Gasteiger partial charge in [0.2, 0.25) is 5.88 Å². The quantitative estimate of drug-likeness (QED) is 0.0500. The van der Waals surface area contributed by atoms with Gasteiger partial charge in [0.25, 0.3) is 0 Å². The molecule has 5 aromatic rings. The van der Waals surface area contributed by atoms with Crippen LogP contribution in [0.5, 0.6) is 0 Å². The molecule has 0 bridgehead atoms. The Labute approximate surface area is 301 Å². The van der Waals surface area contributed by atoms with Gasteiger partial charge in [-0.2, -0.15) is 11.3 Å². The Kier molecular flexibility index (Phi) is 13.1. The minimum Gasteiger partial charge on any atom is -0.512 e. The van der Waals surface area contributed by atoms with E-state index in [1.807, 2.05) is 53.7 Å². The molecule has 0 amide bonds. The number of aliphatic hydroxyl groups is 1. The molecule has 3 aromatic heterocycles. The Balaban J connectivity index is 0.000000290. The van der Waals surface area contributed by atoms with Crippen LogP contribution in [0.3, 0.4) is 0 Å². The van der Waals surface area contributed by atoms with E-state index in [0.717, 1.165) is 47.6 Å². The van der Waals surface area contributed by atoms with Crippen molar-refractivity contribution in [2.45, 2.75) is 93.4 Å². The molecule has 3 heterocycles. The molecular formula is C39H47IrN2O3S2-. The van der Waals surface area contributed by atoms with Gasteiger partial charge >= 0.3 is 0 Å². The molecule has 5 rings (SSSR count). The Hall–Kier alpha value is -2.90. The molecule has 0 aliphatic rings. The molecule has 0 aliphatic heterocycles. The fourth-order valence-corrected chi connectivity index (χ4v) is 7.12. The Bertz CT molecular complexity index is 1890. The molecule has 0 atom stereocenters. The molecule has 8 heteroatoms. The fourth-order valence-electron chi connectivity index (χ4n) is 5.13. The first-order valence-electron chi connectivity index (χ1n) is 16.1. The number of carbonyl (C=O) groups is 1. The van der Waals surface area contributed by atoms with Crippen LogP contribution in [-0.4, -0.2) is 23.4 Å². The second-order valence-electron chi connectivity index (χ2n) is 13.4. The number of carbonyl (C=O) groups excluding carboxylic acids is 1. The predicted molar refractivity (Wildman–Crippen MR) is 200 cm³/mol. The smallest absolute Gasteiger partial charge is 0.221 e. The first-order chi connectivity index (χ1) is 21.8. The summed E-state index contributed by atoms with van der Waals surface area (Å²) < 4.78 is 8.36. The molecule has 253 valence electrons. The van der Waals surface area contributed by atoms with E-state index in [1.54, 1.807) is 28.9 Å². The van der Waals surface area contributed by atoms with E-state index in [4.69, 9.17) is 4.42 Å². The van der Waals surface area contributed by atoms with Gasteiger partial charge in [-0.15, -0.1) is 40.5 Å². The summed E-state index contributed by atoms with van der Waals surface area (Å²) in [6.45, 7) is 18.8. The summed E-state index contributed by atoms with van der Waals surface area (Å²) in [5.74, 6) is 0.847. The summed E-state index contributed by atoms with van der Waals surface area (Å²) in [6.07, 6.45) is 8.09. The van der Waals surface area contributed by atoms with Gasteiger partial charge in [-0.05, 0) is 76.4 Å². The van der Waals surface area contributed by atoms with Crippen molar-refractivity contribution >= 4 is 78.0 Å². The molecule has 0 spiro atoms. The number of rotatable bonds is 10. The Morgan fingerprint density at radius 2 is 1.53 bits per heavy atom. The summed E-state index contributed by atoms with van der Waals surface area (Å²) in [5.41, 5.74) is 2.58. The van der Waals surface area contributed by atoms with Crippen LogP contribution in [0.2, 0.25) is 0 Å². The monoisotopic (exact) mass is 848 g/mol. The zero-order valence-electron chi connectivity index (χ0n) is 29.0. The summed E-state index contributed by atoms with van der Waals surface area (Å²) in [4.78, 5) is 20.9. The van der Waals surface area contributed by atoms with Crippen molar-refractivity contribution in [3.05, 3.63) is 76.2 Å². The van der Waals surface area contributed by atoms with Crippen LogP contribution in [-0.2, 0) is 30.3 Å². The van der Waals surface area contributed by atoms with Gasteiger partial charge in [-0.3, -0.25) is 9.79 Å². The third-order valence-electron chi connectivity index (χ3n) is 9.47. The predicted octanol–water partition coefficient (Wildman–Crippen LogP) is 12.4. The van der Waals surface area contributed by atoms with E-state index in [1.165, 1.54) is 32.8 Å². The second-order valence-corrected chi connectivity index (χ2v) is 15.2. The Morgan fingerprint density at radius 1 is 0.894 bits per heavy atom. The zero-order valence-corrected chi connectivity index (χ0v) is 33.0. The zero-order chi connectivity index (χ0) is 33.7. The summed E-state index contributed by atoms with van der Waals surface area (Å²) in [7, 11) is 0. The molecule has 0 aliphatic carbocycles. The van der Waals surface area contributed by atoms with Crippen molar-refractivity contribution in [3.63, 3.8) is 0 Å². The van der Waals surface area contributed by atoms with Gasteiger partial charge in [0.05, 0.1) is 0 Å². The van der Waals surface area contributed by atoms with Crippen molar-refractivity contribution < 1.29 is 34.4 Å². The van der Waals surface area contributed by atoms with Gasteiger partial charge in [-0.1, -0.05) is 67.9 Å². The molecule has 0 unspecified atom stereocenters. The van der Waals surface area contributed by atoms with Gasteiger partial charge in [0.1, 0.15) is 17.7 Å². The topological polar surface area (TPSA) is 75.2 Å². The second kappa shape index (κ2) is 16.0. The number of nitrogens with zero attached hydrogens (tertiary/aromatic N) is 2. The summed E-state index contributed by atoms with van der Waals surface area (Å²) in [5, 5.41) is 17.8. The van der Waals surface area contributed by atoms with Crippen LogP contribution in [0.25, 0.3) is 31.1 Å². The number of aliphatic hydroxyl groups excluding tert-OH is 1. The molecular weight excluding hydrogens is 801 g/mol. The number of furan rings is 1. The van der Waals surface area contributed by atoms with Crippen LogP contribution in [0.1, 0.15) is 99.1 Å². The number of thiophene rings is 2. The molecule has 47 heavy (non-hydrogen) atoms. The molecule has 0 saturated heterocycles.